The van der Waals surface area contributed by atoms with Crippen LogP contribution in [-0.2, 0) is 10.8 Å². The van der Waals surface area contributed by atoms with Crippen LogP contribution < -0.4 is 4.90 Å². The van der Waals surface area contributed by atoms with Gasteiger partial charge in [0.25, 0.3) is 0 Å². The number of benzene rings is 7. The fourth-order valence-corrected chi connectivity index (χ4v) is 8.85. The van der Waals surface area contributed by atoms with E-state index in [9.17, 15) is 0 Å². The van der Waals surface area contributed by atoms with Crippen LogP contribution in [0.2, 0.25) is 0 Å². The molecular weight excluding hydrogens is 615 g/mol. The summed E-state index contributed by atoms with van der Waals surface area (Å²) in [5.41, 5.74) is 21.9. The Morgan fingerprint density at radius 2 is 0.824 bits per heavy atom. The summed E-state index contributed by atoms with van der Waals surface area (Å²) in [6.07, 6.45) is 0. The smallest absolute Gasteiger partial charge is 0.0465 e. The summed E-state index contributed by atoms with van der Waals surface area (Å²) >= 11 is 0. The summed E-state index contributed by atoms with van der Waals surface area (Å²) < 4.78 is 0. The van der Waals surface area contributed by atoms with Gasteiger partial charge in [0.15, 0.2) is 0 Å². The van der Waals surface area contributed by atoms with Gasteiger partial charge in [0.2, 0.25) is 0 Å². The van der Waals surface area contributed by atoms with Gasteiger partial charge >= 0.3 is 0 Å². The van der Waals surface area contributed by atoms with Gasteiger partial charge in [0.05, 0.1) is 0 Å². The Balaban J connectivity index is 1.24. The number of anilines is 3. The van der Waals surface area contributed by atoms with Gasteiger partial charge in [-0.05, 0) is 129 Å². The van der Waals surface area contributed by atoms with E-state index < -0.39 is 0 Å². The summed E-state index contributed by atoms with van der Waals surface area (Å²) in [5.74, 6) is 0. The molecule has 0 aliphatic heterocycles. The highest BCUT2D eigenvalue weighted by Crippen LogP contribution is 2.60. The molecule has 7 aromatic rings. The fourth-order valence-electron chi connectivity index (χ4n) is 8.85. The number of hydrogen-bond donors (Lipinski definition) is 0. The van der Waals surface area contributed by atoms with Crippen LogP contribution in [0.4, 0.5) is 17.1 Å². The van der Waals surface area contributed by atoms with Crippen molar-refractivity contribution in [2.45, 2.75) is 52.4 Å². The van der Waals surface area contributed by atoms with Crippen molar-refractivity contribution in [1.82, 2.24) is 0 Å². The van der Waals surface area contributed by atoms with Crippen LogP contribution >= 0.6 is 0 Å². The van der Waals surface area contributed by atoms with Crippen LogP contribution in [0.3, 0.4) is 0 Å². The highest BCUT2D eigenvalue weighted by atomic mass is 15.1. The van der Waals surface area contributed by atoms with E-state index in [0.29, 0.717) is 0 Å². The largest absolute Gasteiger partial charge is 0.310 e. The van der Waals surface area contributed by atoms with Gasteiger partial charge in [-0.3, -0.25) is 0 Å². The Morgan fingerprint density at radius 3 is 1.41 bits per heavy atom. The van der Waals surface area contributed by atoms with E-state index in [2.05, 4.69) is 198 Å². The maximum atomic E-state index is 2.55. The lowest BCUT2D eigenvalue weighted by Gasteiger charge is -2.28. The molecule has 2 aliphatic rings. The third-order valence-corrected chi connectivity index (χ3v) is 11.6. The Labute approximate surface area is 302 Å². The molecule has 2 aliphatic carbocycles. The molecule has 0 atom stereocenters. The van der Waals surface area contributed by atoms with Gasteiger partial charge in [-0.25, -0.2) is 0 Å². The maximum Gasteiger partial charge on any atom is 0.0465 e. The van der Waals surface area contributed by atoms with Crippen molar-refractivity contribution in [2.24, 2.45) is 0 Å². The molecule has 0 N–H and O–H groups in total. The third-order valence-electron chi connectivity index (χ3n) is 11.6. The van der Waals surface area contributed by atoms with Crippen molar-refractivity contribution in [2.75, 3.05) is 4.90 Å². The highest BCUT2D eigenvalue weighted by molar-refractivity contribution is 5.99. The minimum absolute atomic E-state index is 0.182. The van der Waals surface area contributed by atoms with E-state index in [1.54, 1.807) is 0 Å². The van der Waals surface area contributed by atoms with E-state index in [-0.39, 0.29) is 10.8 Å². The molecule has 7 aromatic carbocycles. The van der Waals surface area contributed by atoms with Gasteiger partial charge in [-0.1, -0.05) is 142 Å². The van der Waals surface area contributed by atoms with Crippen LogP contribution in [0.5, 0.6) is 0 Å². The first-order valence-electron chi connectivity index (χ1n) is 18.2. The van der Waals surface area contributed by atoms with E-state index in [1.807, 2.05) is 0 Å². The van der Waals surface area contributed by atoms with E-state index in [1.165, 1.54) is 83.6 Å². The average Bonchev–Trinajstić information content (AvgIpc) is 3.52. The van der Waals surface area contributed by atoms with Crippen LogP contribution in [0.1, 0.15) is 61.1 Å². The van der Waals surface area contributed by atoms with Gasteiger partial charge in [-0.15, -0.1) is 0 Å². The normalized spacial score (nSPS) is 14.4. The van der Waals surface area contributed by atoms with Crippen LogP contribution in [0.25, 0.3) is 44.5 Å². The third kappa shape index (κ3) is 4.83. The zero-order chi connectivity index (χ0) is 35.1. The summed E-state index contributed by atoms with van der Waals surface area (Å²) in [6.45, 7) is 14.0. The van der Waals surface area contributed by atoms with Crippen LogP contribution in [-0.4, -0.2) is 0 Å². The fraction of sp³-hybridized carbons (Fsp3) is 0.160. The van der Waals surface area contributed by atoms with Crippen molar-refractivity contribution in [3.63, 3.8) is 0 Å². The van der Waals surface area contributed by atoms with E-state index >= 15 is 0 Å². The lowest BCUT2D eigenvalue weighted by molar-refractivity contribution is 0.653. The molecule has 1 heteroatoms. The number of hydrogen-bond acceptors (Lipinski definition) is 1. The summed E-state index contributed by atoms with van der Waals surface area (Å²) in [6, 6.07) is 56.6. The topological polar surface area (TPSA) is 3.24 Å². The zero-order valence-corrected chi connectivity index (χ0v) is 30.4. The molecule has 0 fully saturated rings. The molecule has 9 rings (SSSR count). The van der Waals surface area contributed by atoms with Crippen molar-refractivity contribution in [3.05, 3.63) is 185 Å². The quantitative estimate of drug-likeness (QED) is 0.178. The molecule has 51 heavy (non-hydrogen) atoms. The number of rotatable bonds is 5. The zero-order valence-electron chi connectivity index (χ0n) is 30.4. The Bertz CT molecular complexity index is 2400. The minimum Gasteiger partial charge on any atom is -0.310 e. The molecule has 0 saturated heterocycles. The molecule has 0 heterocycles. The lowest BCUT2D eigenvalue weighted by Crippen LogP contribution is -2.18. The predicted molar refractivity (Wildman–Crippen MR) is 217 cm³/mol. The van der Waals surface area contributed by atoms with Gasteiger partial charge < -0.3 is 4.90 Å². The molecule has 0 aromatic heterocycles. The van der Waals surface area contributed by atoms with Gasteiger partial charge in [-0.2, -0.15) is 0 Å². The predicted octanol–water partition coefficient (Wildman–Crippen LogP) is 13.7. The highest BCUT2D eigenvalue weighted by Gasteiger charge is 2.44. The Morgan fingerprint density at radius 1 is 0.373 bits per heavy atom. The SMILES string of the molecule is Cc1ccc(N(c2ccc(C)cc2)c2ccc3c(c2)C(C)(C)c2cc4c(cc2-3)C(C)(C)c2c(-c3ccccc3)ccc(-c3ccccc3)c2-4)cc1. The van der Waals surface area contributed by atoms with Crippen molar-refractivity contribution >= 4 is 17.1 Å². The molecule has 1 nitrogen and oxygen atoms in total. The standard InChI is InChI=1S/C50H43N/c1-32-17-21-36(22-18-32)51(37-23-19-33(2)20-24-37)38-25-26-41-42-30-46-43(31-45(42)49(3,4)44(41)29-38)47-39(34-13-9-7-10-14-34)27-28-40(48(47)50(46,5)6)35-15-11-8-12-16-35/h7-31H,1-6H3. The summed E-state index contributed by atoms with van der Waals surface area (Å²) in [4.78, 5) is 2.40. The average molecular weight is 658 g/mol. The summed E-state index contributed by atoms with van der Waals surface area (Å²) in [5, 5.41) is 0. The van der Waals surface area contributed by atoms with Crippen LogP contribution in [0.15, 0.2) is 152 Å². The lowest BCUT2D eigenvalue weighted by atomic mass is 9.77. The first-order chi connectivity index (χ1) is 24.6. The molecule has 0 saturated carbocycles. The van der Waals surface area contributed by atoms with Gasteiger partial charge in [0, 0.05) is 27.9 Å². The first-order valence-corrected chi connectivity index (χ1v) is 18.2. The molecule has 0 unspecified atom stereocenters. The second kappa shape index (κ2) is 11.4. The van der Waals surface area contributed by atoms with Crippen LogP contribution in [0, 0.1) is 13.8 Å². The van der Waals surface area contributed by atoms with Crippen molar-refractivity contribution in [3.8, 4) is 44.5 Å². The summed E-state index contributed by atoms with van der Waals surface area (Å²) in [7, 11) is 0. The van der Waals surface area contributed by atoms with E-state index in [0.717, 1.165) is 11.4 Å². The number of fused-ring (bicyclic) bond motifs is 6. The second-order valence-corrected chi connectivity index (χ2v) is 15.6. The minimum atomic E-state index is -0.184. The number of nitrogens with zero attached hydrogens (tertiary/aromatic N) is 1. The monoisotopic (exact) mass is 657 g/mol. The van der Waals surface area contributed by atoms with E-state index in [4.69, 9.17) is 0 Å². The second-order valence-electron chi connectivity index (χ2n) is 15.6. The molecule has 0 bridgehead atoms. The Kier molecular flexibility index (Phi) is 7.03. The Hall–Kier alpha value is -5.66. The maximum absolute atomic E-state index is 2.55. The van der Waals surface area contributed by atoms with Gasteiger partial charge in [0.1, 0.15) is 0 Å². The molecule has 0 radical (unpaired) electrons. The van der Waals surface area contributed by atoms with Crippen molar-refractivity contribution < 1.29 is 0 Å². The molecule has 248 valence electrons. The van der Waals surface area contributed by atoms with Crippen molar-refractivity contribution in [1.29, 1.82) is 0 Å². The molecule has 0 spiro atoms. The molecule has 0 amide bonds. The molecular formula is C50H43N. The number of aryl methyl sites for hydroxylation is 2. The first kappa shape index (κ1) is 31.3.